The van der Waals surface area contributed by atoms with Crippen molar-refractivity contribution < 1.29 is 0 Å². The third-order valence-corrected chi connectivity index (χ3v) is 1.74. The van der Waals surface area contributed by atoms with Crippen molar-refractivity contribution in [1.29, 1.82) is 0 Å². The van der Waals surface area contributed by atoms with E-state index >= 15 is 0 Å². The van der Waals surface area contributed by atoms with E-state index in [1.54, 1.807) is 0 Å². The predicted molar refractivity (Wildman–Crippen MR) is 50.0 cm³/mol. The van der Waals surface area contributed by atoms with E-state index < -0.39 is 0 Å². The second kappa shape index (κ2) is 2.95. The molecule has 0 atom stereocenters. The maximum absolute atomic E-state index is 3.86. The van der Waals surface area contributed by atoms with Gasteiger partial charge in [0.2, 0.25) is 0 Å². The summed E-state index contributed by atoms with van der Waals surface area (Å²) in [6, 6.07) is 6.22. The molecule has 0 heterocycles. The Hall–Kier alpha value is -0.980. The topological polar surface area (TPSA) is 3.24 Å². The first-order chi connectivity index (χ1) is 5.11. The molecule has 1 nitrogen and oxygen atoms in total. The summed E-state index contributed by atoms with van der Waals surface area (Å²) in [6.07, 6.45) is 0. The van der Waals surface area contributed by atoms with Crippen LogP contribution in [0, 0.1) is 13.8 Å². The van der Waals surface area contributed by atoms with Crippen molar-refractivity contribution in [3.63, 3.8) is 0 Å². The van der Waals surface area contributed by atoms with Gasteiger partial charge in [-0.3, -0.25) is 0 Å². The first-order valence-corrected chi connectivity index (χ1v) is 3.71. The van der Waals surface area contributed by atoms with E-state index in [0.29, 0.717) is 0 Å². The fourth-order valence-electron chi connectivity index (χ4n) is 1.22. The van der Waals surface area contributed by atoms with Gasteiger partial charge in [0.25, 0.3) is 0 Å². The molecular formula is C10H14N. The van der Waals surface area contributed by atoms with Crippen molar-refractivity contribution in [2.24, 2.45) is 0 Å². The molecule has 0 aromatic heterocycles. The molecule has 0 aliphatic heterocycles. The average Bonchev–Trinajstić information content (AvgIpc) is 1.85. The summed E-state index contributed by atoms with van der Waals surface area (Å²) < 4.78 is 0. The highest BCUT2D eigenvalue weighted by atomic mass is 15.1. The zero-order valence-electron chi connectivity index (χ0n) is 7.39. The van der Waals surface area contributed by atoms with E-state index in [1.165, 1.54) is 11.3 Å². The third-order valence-electron chi connectivity index (χ3n) is 1.74. The smallest absolute Gasteiger partial charge is 0.0390 e. The van der Waals surface area contributed by atoms with E-state index in [-0.39, 0.29) is 0 Å². The van der Waals surface area contributed by atoms with Gasteiger partial charge in [0, 0.05) is 19.8 Å². The van der Waals surface area contributed by atoms with Gasteiger partial charge in [0.15, 0.2) is 0 Å². The highest BCUT2D eigenvalue weighted by molar-refractivity contribution is 5.53. The lowest BCUT2D eigenvalue weighted by atomic mass is 10.1. The highest BCUT2D eigenvalue weighted by Crippen LogP contribution is 2.17. The van der Waals surface area contributed by atoms with Crippen molar-refractivity contribution in [3.05, 3.63) is 36.2 Å². The van der Waals surface area contributed by atoms with Crippen molar-refractivity contribution in [2.45, 2.75) is 6.92 Å². The third kappa shape index (κ3) is 1.73. The Morgan fingerprint density at radius 2 is 1.91 bits per heavy atom. The Morgan fingerprint density at radius 1 is 1.27 bits per heavy atom. The number of benzene rings is 1. The van der Waals surface area contributed by atoms with E-state index in [9.17, 15) is 0 Å². The molecule has 11 heavy (non-hydrogen) atoms. The molecule has 1 heteroatoms. The molecule has 0 amide bonds. The molecule has 1 aromatic carbocycles. The molecule has 0 saturated heterocycles. The molecule has 0 spiro atoms. The lowest BCUT2D eigenvalue weighted by Crippen LogP contribution is -2.09. The minimum atomic E-state index is 1.08. The molecular weight excluding hydrogens is 134 g/mol. The van der Waals surface area contributed by atoms with Crippen LogP contribution in [0.5, 0.6) is 0 Å². The SMILES string of the molecule is [CH2]c1ccc(N(C)C)c(C)c1. The Balaban J connectivity index is 3.09. The van der Waals surface area contributed by atoms with Crippen LogP contribution in [-0.2, 0) is 0 Å². The predicted octanol–water partition coefficient (Wildman–Crippen LogP) is 2.24. The van der Waals surface area contributed by atoms with Gasteiger partial charge in [-0.2, -0.15) is 0 Å². The molecule has 59 valence electrons. The summed E-state index contributed by atoms with van der Waals surface area (Å²) in [7, 11) is 4.09. The van der Waals surface area contributed by atoms with Crippen LogP contribution in [0.1, 0.15) is 11.1 Å². The number of hydrogen-bond acceptors (Lipinski definition) is 1. The monoisotopic (exact) mass is 148 g/mol. The largest absolute Gasteiger partial charge is 0.377 e. The summed E-state index contributed by atoms with van der Waals surface area (Å²) in [6.45, 7) is 5.96. The number of nitrogens with zero attached hydrogens (tertiary/aromatic N) is 1. The number of anilines is 1. The molecule has 0 saturated carbocycles. The Kier molecular flexibility index (Phi) is 2.18. The van der Waals surface area contributed by atoms with Gasteiger partial charge in [-0.15, -0.1) is 0 Å². The van der Waals surface area contributed by atoms with Crippen molar-refractivity contribution in [1.82, 2.24) is 0 Å². The van der Waals surface area contributed by atoms with Crippen LogP contribution in [0.3, 0.4) is 0 Å². The van der Waals surface area contributed by atoms with E-state index in [0.717, 1.165) is 5.56 Å². The zero-order valence-corrected chi connectivity index (χ0v) is 7.39. The van der Waals surface area contributed by atoms with Gasteiger partial charge in [-0.25, -0.2) is 0 Å². The lowest BCUT2D eigenvalue weighted by Gasteiger charge is -2.15. The molecule has 1 radical (unpaired) electrons. The summed E-state index contributed by atoms with van der Waals surface area (Å²) in [5.74, 6) is 0. The fraction of sp³-hybridized carbons (Fsp3) is 0.300. The molecule has 1 rings (SSSR count). The van der Waals surface area contributed by atoms with Crippen LogP contribution in [0.15, 0.2) is 18.2 Å². The molecule has 0 unspecified atom stereocenters. The second-order valence-electron chi connectivity index (χ2n) is 3.02. The maximum Gasteiger partial charge on any atom is 0.0390 e. The molecule has 0 N–H and O–H groups in total. The summed E-state index contributed by atoms with van der Waals surface area (Å²) >= 11 is 0. The maximum atomic E-state index is 3.86. The van der Waals surface area contributed by atoms with Gasteiger partial charge in [0.05, 0.1) is 0 Å². The van der Waals surface area contributed by atoms with Gasteiger partial charge in [-0.1, -0.05) is 12.1 Å². The van der Waals surface area contributed by atoms with E-state index in [1.807, 2.05) is 20.2 Å². The number of rotatable bonds is 1. The quantitative estimate of drug-likeness (QED) is 0.590. The van der Waals surface area contributed by atoms with Gasteiger partial charge in [0.1, 0.15) is 0 Å². The summed E-state index contributed by atoms with van der Waals surface area (Å²) in [5.41, 5.74) is 3.62. The lowest BCUT2D eigenvalue weighted by molar-refractivity contribution is 1.11. The first-order valence-electron chi connectivity index (χ1n) is 3.71. The summed E-state index contributed by atoms with van der Waals surface area (Å²) in [5, 5.41) is 0. The van der Waals surface area contributed by atoms with Crippen LogP contribution in [0.4, 0.5) is 5.69 Å². The zero-order chi connectivity index (χ0) is 8.43. The van der Waals surface area contributed by atoms with E-state index in [2.05, 4.69) is 30.9 Å². The van der Waals surface area contributed by atoms with Crippen LogP contribution < -0.4 is 4.90 Å². The molecule has 0 bridgehead atoms. The van der Waals surface area contributed by atoms with Crippen LogP contribution in [-0.4, -0.2) is 14.1 Å². The summed E-state index contributed by atoms with van der Waals surface area (Å²) in [4.78, 5) is 2.11. The average molecular weight is 148 g/mol. The number of aryl methyl sites for hydroxylation is 1. The number of hydrogen-bond donors (Lipinski definition) is 0. The molecule has 0 aliphatic rings. The van der Waals surface area contributed by atoms with Crippen molar-refractivity contribution >= 4 is 5.69 Å². The molecule has 0 fully saturated rings. The van der Waals surface area contributed by atoms with E-state index in [4.69, 9.17) is 0 Å². The molecule has 0 aliphatic carbocycles. The van der Waals surface area contributed by atoms with Gasteiger partial charge >= 0.3 is 0 Å². The van der Waals surface area contributed by atoms with Crippen molar-refractivity contribution in [3.8, 4) is 0 Å². The van der Waals surface area contributed by atoms with Crippen LogP contribution in [0.25, 0.3) is 0 Å². The normalized spacial score (nSPS) is 9.82. The van der Waals surface area contributed by atoms with Gasteiger partial charge in [-0.05, 0) is 31.0 Å². The highest BCUT2D eigenvalue weighted by Gasteiger charge is 1.98. The second-order valence-corrected chi connectivity index (χ2v) is 3.02. The fourth-order valence-corrected chi connectivity index (χ4v) is 1.22. The van der Waals surface area contributed by atoms with Gasteiger partial charge < -0.3 is 4.90 Å². The van der Waals surface area contributed by atoms with Crippen molar-refractivity contribution in [2.75, 3.05) is 19.0 Å². The minimum Gasteiger partial charge on any atom is -0.377 e. The van der Waals surface area contributed by atoms with Crippen LogP contribution >= 0.6 is 0 Å². The minimum absolute atomic E-state index is 1.08. The standard InChI is InChI=1S/C10H14N/c1-8-5-6-10(11(3)4)9(2)7-8/h5-7H,1H2,2-4H3. The Labute approximate surface area is 68.7 Å². The molecule has 1 aromatic rings. The Morgan fingerprint density at radius 3 is 2.36 bits per heavy atom. The Bertz CT molecular complexity index is 251. The van der Waals surface area contributed by atoms with Crippen LogP contribution in [0.2, 0.25) is 0 Å². The first kappa shape index (κ1) is 8.12.